The average molecular weight is 212 g/mol. The molecule has 1 atom stereocenters. The average Bonchev–Trinajstić information content (AvgIpc) is 2.49. The SMILES string of the molecule is Cn1nnc(CCCC(O)C(C)(C)C)n1. The minimum absolute atomic E-state index is 0.0458. The Bertz CT molecular complexity index is 303. The quantitative estimate of drug-likeness (QED) is 0.806. The van der Waals surface area contributed by atoms with Crippen molar-refractivity contribution in [3.63, 3.8) is 0 Å². The lowest BCUT2D eigenvalue weighted by molar-refractivity contribution is 0.0539. The van der Waals surface area contributed by atoms with Crippen molar-refractivity contribution in [2.45, 2.75) is 46.1 Å². The fraction of sp³-hybridized carbons (Fsp3) is 0.900. The molecule has 0 saturated carbocycles. The molecule has 1 unspecified atom stereocenters. The van der Waals surface area contributed by atoms with Gasteiger partial charge in [0.2, 0.25) is 0 Å². The van der Waals surface area contributed by atoms with E-state index in [1.807, 2.05) is 20.8 Å². The molecule has 5 nitrogen and oxygen atoms in total. The molecule has 1 heterocycles. The molecule has 86 valence electrons. The molecule has 0 aliphatic heterocycles. The molecule has 0 aromatic carbocycles. The number of hydrogen-bond donors (Lipinski definition) is 1. The normalized spacial score (nSPS) is 14.2. The molecule has 0 saturated heterocycles. The van der Waals surface area contributed by atoms with E-state index in [9.17, 15) is 5.11 Å². The zero-order chi connectivity index (χ0) is 11.5. The van der Waals surface area contributed by atoms with E-state index in [0.29, 0.717) is 0 Å². The van der Waals surface area contributed by atoms with Crippen molar-refractivity contribution in [1.82, 2.24) is 20.2 Å². The zero-order valence-corrected chi connectivity index (χ0v) is 9.93. The fourth-order valence-electron chi connectivity index (χ4n) is 1.31. The number of aromatic nitrogens is 4. The second-order valence-electron chi connectivity index (χ2n) is 4.97. The van der Waals surface area contributed by atoms with Gasteiger partial charge in [-0.2, -0.15) is 4.80 Å². The van der Waals surface area contributed by atoms with Crippen LogP contribution in [-0.4, -0.2) is 31.4 Å². The molecule has 5 heteroatoms. The van der Waals surface area contributed by atoms with E-state index >= 15 is 0 Å². The highest BCUT2D eigenvalue weighted by Gasteiger charge is 2.21. The summed E-state index contributed by atoms with van der Waals surface area (Å²) in [5.41, 5.74) is -0.0458. The Morgan fingerprint density at radius 3 is 2.53 bits per heavy atom. The molecule has 1 N–H and O–H groups in total. The Hall–Kier alpha value is -0.970. The largest absolute Gasteiger partial charge is 0.393 e. The van der Waals surface area contributed by atoms with Gasteiger partial charge in [-0.25, -0.2) is 0 Å². The van der Waals surface area contributed by atoms with Crippen LogP contribution in [0.5, 0.6) is 0 Å². The first-order chi connectivity index (χ1) is 6.89. The fourth-order valence-corrected chi connectivity index (χ4v) is 1.31. The van der Waals surface area contributed by atoms with Crippen molar-refractivity contribution < 1.29 is 5.11 Å². The maximum absolute atomic E-state index is 9.81. The lowest BCUT2D eigenvalue weighted by atomic mass is 9.86. The van der Waals surface area contributed by atoms with Gasteiger partial charge in [-0.15, -0.1) is 10.2 Å². The Labute approximate surface area is 90.5 Å². The summed E-state index contributed by atoms with van der Waals surface area (Å²) >= 11 is 0. The van der Waals surface area contributed by atoms with Crippen molar-refractivity contribution in [3.05, 3.63) is 5.82 Å². The molecule has 0 fully saturated rings. The number of nitrogens with zero attached hydrogens (tertiary/aromatic N) is 4. The predicted octanol–water partition coefficient (Wildman–Crippen LogP) is 0.940. The van der Waals surface area contributed by atoms with Crippen LogP contribution < -0.4 is 0 Å². The summed E-state index contributed by atoms with van der Waals surface area (Å²) in [4.78, 5) is 1.45. The smallest absolute Gasteiger partial charge is 0.174 e. The van der Waals surface area contributed by atoms with Gasteiger partial charge < -0.3 is 5.11 Å². The second-order valence-corrected chi connectivity index (χ2v) is 4.97. The number of aliphatic hydroxyl groups excluding tert-OH is 1. The third-order valence-corrected chi connectivity index (χ3v) is 2.43. The van der Waals surface area contributed by atoms with Gasteiger partial charge in [0.05, 0.1) is 13.2 Å². The monoisotopic (exact) mass is 212 g/mol. The van der Waals surface area contributed by atoms with E-state index in [-0.39, 0.29) is 11.5 Å². The zero-order valence-electron chi connectivity index (χ0n) is 9.93. The molecule has 0 radical (unpaired) electrons. The summed E-state index contributed by atoms with van der Waals surface area (Å²) in [6.45, 7) is 6.12. The van der Waals surface area contributed by atoms with Gasteiger partial charge in [-0.1, -0.05) is 20.8 Å². The van der Waals surface area contributed by atoms with E-state index in [4.69, 9.17) is 0 Å². The molecule has 1 aromatic heterocycles. The number of aliphatic hydroxyl groups is 1. The summed E-state index contributed by atoms with van der Waals surface area (Å²) < 4.78 is 0. The molecule has 0 aliphatic rings. The van der Waals surface area contributed by atoms with Gasteiger partial charge in [0.25, 0.3) is 0 Å². The summed E-state index contributed by atoms with van der Waals surface area (Å²) in [5.74, 6) is 0.749. The van der Waals surface area contributed by atoms with Crippen LogP contribution in [0.15, 0.2) is 0 Å². The number of tetrazole rings is 1. The minimum atomic E-state index is -0.269. The van der Waals surface area contributed by atoms with Crippen LogP contribution in [-0.2, 0) is 13.5 Å². The minimum Gasteiger partial charge on any atom is -0.393 e. The molecule has 15 heavy (non-hydrogen) atoms. The maximum atomic E-state index is 9.81. The van der Waals surface area contributed by atoms with E-state index in [0.717, 1.165) is 25.1 Å². The first-order valence-electron chi connectivity index (χ1n) is 5.30. The predicted molar refractivity (Wildman–Crippen MR) is 57.2 cm³/mol. The highest BCUT2D eigenvalue weighted by atomic mass is 16.3. The summed E-state index contributed by atoms with van der Waals surface area (Å²) in [6.07, 6.45) is 2.18. The number of hydrogen-bond acceptors (Lipinski definition) is 4. The van der Waals surface area contributed by atoms with Crippen LogP contribution in [0.3, 0.4) is 0 Å². The van der Waals surface area contributed by atoms with Crippen molar-refractivity contribution in [2.75, 3.05) is 0 Å². The lowest BCUT2D eigenvalue weighted by Crippen LogP contribution is -2.25. The number of aryl methyl sites for hydroxylation is 2. The van der Waals surface area contributed by atoms with Gasteiger partial charge in [0, 0.05) is 6.42 Å². The molecule has 1 rings (SSSR count). The Balaban J connectivity index is 2.28. The first-order valence-corrected chi connectivity index (χ1v) is 5.30. The summed E-state index contributed by atoms with van der Waals surface area (Å²) in [7, 11) is 1.75. The van der Waals surface area contributed by atoms with Crippen LogP contribution in [0, 0.1) is 5.41 Å². The van der Waals surface area contributed by atoms with Crippen molar-refractivity contribution in [2.24, 2.45) is 12.5 Å². The van der Waals surface area contributed by atoms with E-state index in [2.05, 4.69) is 15.4 Å². The lowest BCUT2D eigenvalue weighted by Gasteiger charge is -2.25. The van der Waals surface area contributed by atoms with Crippen LogP contribution in [0.4, 0.5) is 0 Å². The standard InChI is InChI=1S/C10H20N4O/c1-10(2,3)8(15)6-5-7-9-11-13-14(4)12-9/h8,15H,5-7H2,1-4H3. The van der Waals surface area contributed by atoms with Crippen molar-refractivity contribution in [1.29, 1.82) is 0 Å². The highest BCUT2D eigenvalue weighted by Crippen LogP contribution is 2.22. The van der Waals surface area contributed by atoms with Gasteiger partial charge in [0.1, 0.15) is 0 Å². The van der Waals surface area contributed by atoms with Crippen molar-refractivity contribution in [3.8, 4) is 0 Å². The maximum Gasteiger partial charge on any atom is 0.174 e. The molecule has 0 aliphatic carbocycles. The first kappa shape index (κ1) is 12.1. The van der Waals surface area contributed by atoms with Crippen LogP contribution in [0.25, 0.3) is 0 Å². The van der Waals surface area contributed by atoms with Gasteiger partial charge in [0.15, 0.2) is 5.82 Å². The third kappa shape index (κ3) is 3.95. The topological polar surface area (TPSA) is 63.8 Å². The van der Waals surface area contributed by atoms with Gasteiger partial charge in [-0.05, 0) is 23.5 Å². The Morgan fingerprint density at radius 1 is 1.40 bits per heavy atom. The number of rotatable bonds is 4. The van der Waals surface area contributed by atoms with E-state index < -0.39 is 0 Å². The van der Waals surface area contributed by atoms with Gasteiger partial charge in [-0.3, -0.25) is 0 Å². The summed E-state index contributed by atoms with van der Waals surface area (Å²) in [5, 5.41) is 21.5. The Kier molecular flexibility index (Phi) is 3.79. The van der Waals surface area contributed by atoms with E-state index in [1.54, 1.807) is 7.05 Å². The molecular weight excluding hydrogens is 192 g/mol. The Morgan fingerprint density at radius 2 is 2.07 bits per heavy atom. The second kappa shape index (κ2) is 4.70. The molecule has 0 bridgehead atoms. The van der Waals surface area contributed by atoms with Gasteiger partial charge >= 0.3 is 0 Å². The summed E-state index contributed by atoms with van der Waals surface area (Å²) in [6, 6.07) is 0. The van der Waals surface area contributed by atoms with Crippen LogP contribution in [0.1, 0.15) is 39.4 Å². The molecule has 0 spiro atoms. The molecule has 0 amide bonds. The highest BCUT2D eigenvalue weighted by molar-refractivity contribution is 4.79. The van der Waals surface area contributed by atoms with Crippen LogP contribution in [0.2, 0.25) is 0 Å². The van der Waals surface area contributed by atoms with E-state index in [1.165, 1.54) is 4.80 Å². The van der Waals surface area contributed by atoms with Crippen molar-refractivity contribution >= 4 is 0 Å². The third-order valence-electron chi connectivity index (χ3n) is 2.43. The molecular formula is C10H20N4O. The van der Waals surface area contributed by atoms with Crippen LogP contribution >= 0.6 is 0 Å². The molecule has 1 aromatic rings.